The molecule has 3 aliphatic rings. The first-order valence-electron chi connectivity index (χ1n) is 10.5. The van der Waals surface area contributed by atoms with Gasteiger partial charge in [0.25, 0.3) is 0 Å². The normalized spacial score (nSPS) is 23.8. The number of carbonyl (C=O) groups is 1. The number of hydrogen-bond acceptors (Lipinski definition) is 4. The second-order valence-corrected chi connectivity index (χ2v) is 8.92. The fraction of sp³-hybridized carbons (Fsp3) is 0.375. The van der Waals surface area contributed by atoms with Gasteiger partial charge in [0, 0.05) is 23.7 Å². The Bertz CT molecular complexity index is 1060. The van der Waals surface area contributed by atoms with Gasteiger partial charge in [0.2, 0.25) is 0 Å². The lowest BCUT2D eigenvalue weighted by Crippen LogP contribution is -2.51. The van der Waals surface area contributed by atoms with Crippen LogP contribution < -0.4 is 10.6 Å². The Morgan fingerprint density at radius 1 is 1.20 bits per heavy atom. The predicted octanol–water partition coefficient (Wildman–Crippen LogP) is 3.87. The molecule has 30 heavy (non-hydrogen) atoms. The van der Waals surface area contributed by atoms with Crippen molar-refractivity contribution in [2.45, 2.75) is 44.7 Å². The van der Waals surface area contributed by atoms with E-state index < -0.39 is 0 Å². The number of aromatic nitrogens is 1. The summed E-state index contributed by atoms with van der Waals surface area (Å²) in [7, 11) is 0. The number of benzene rings is 1. The molecule has 2 amide bonds. The number of aryl methyl sites for hydroxylation is 1. The van der Waals surface area contributed by atoms with Crippen LogP contribution >= 0.6 is 0 Å². The average Bonchev–Trinajstić information content (AvgIpc) is 3.27. The van der Waals surface area contributed by atoms with E-state index in [0.717, 1.165) is 29.2 Å². The van der Waals surface area contributed by atoms with Gasteiger partial charge in [0.1, 0.15) is 11.7 Å². The number of anilines is 1. The molecule has 2 aliphatic heterocycles. The van der Waals surface area contributed by atoms with E-state index in [9.17, 15) is 4.79 Å². The molecule has 1 unspecified atom stereocenters. The molecule has 5 rings (SSSR count). The number of aliphatic imine (C=N–C) groups is 1. The summed E-state index contributed by atoms with van der Waals surface area (Å²) >= 11 is 0. The van der Waals surface area contributed by atoms with Gasteiger partial charge in [-0.05, 0) is 56.0 Å². The van der Waals surface area contributed by atoms with Gasteiger partial charge < -0.3 is 15.5 Å². The molecule has 2 N–H and O–H groups in total. The van der Waals surface area contributed by atoms with Crippen LogP contribution in [0.5, 0.6) is 0 Å². The lowest BCUT2D eigenvalue weighted by atomic mass is 9.94. The predicted molar refractivity (Wildman–Crippen MR) is 119 cm³/mol. The summed E-state index contributed by atoms with van der Waals surface area (Å²) in [6, 6.07) is 14.6. The molecule has 1 aliphatic carbocycles. The van der Waals surface area contributed by atoms with E-state index in [0.29, 0.717) is 19.0 Å². The molecular weight excluding hydrogens is 374 g/mol. The summed E-state index contributed by atoms with van der Waals surface area (Å²) < 4.78 is 0. The van der Waals surface area contributed by atoms with Gasteiger partial charge >= 0.3 is 6.03 Å². The first-order valence-corrected chi connectivity index (χ1v) is 10.5. The third-order valence-corrected chi connectivity index (χ3v) is 6.51. The minimum Gasteiger partial charge on any atom is -0.335 e. The lowest BCUT2D eigenvalue weighted by molar-refractivity contribution is 0.170. The first kappa shape index (κ1) is 18.9. The van der Waals surface area contributed by atoms with Crippen LogP contribution in [0.1, 0.15) is 37.3 Å². The standard InChI is InChI=1S/C24H27N5O/c1-15-9-10-25-21(11-15)28-22-18-14-29(24(2,3)19(18)13-26-22)23(30)27-20-12-17(20)16-7-5-4-6-8-16/h4-11,17,20H,12-14H2,1-3H3,(H,27,30)(H,25,26,28)/t17-,20?/m1/s1. The van der Waals surface area contributed by atoms with Crippen LogP contribution in [0.3, 0.4) is 0 Å². The Labute approximate surface area is 177 Å². The van der Waals surface area contributed by atoms with E-state index in [1.54, 1.807) is 6.20 Å². The molecule has 1 aromatic heterocycles. The highest BCUT2D eigenvalue weighted by atomic mass is 16.2. The number of rotatable bonds is 3. The van der Waals surface area contributed by atoms with E-state index in [-0.39, 0.29) is 17.6 Å². The smallest absolute Gasteiger partial charge is 0.318 e. The maximum Gasteiger partial charge on any atom is 0.318 e. The zero-order valence-electron chi connectivity index (χ0n) is 17.6. The molecule has 6 heteroatoms. The van der Waals surface area contributed by atoms with Gasteiger partial charge in [0.05, 0.1) is 18.6 Å². The second kappa shape index (κ2) is 6.97. The molecule has 2 atom stereocenters. The van der Waals surface area contributed by atoms with Crippen LogP contribution in [0.25, 0.3) is 0 Å². The van der Waals surface area contributed by atoms with Crippen molar-refractivity contribution in [1.29, 1.82) is 0 Å². The summed E-state index contributed by atoms with van der Waals surface area (Å²) in [5, 5.41) is 6.60. The Morgan fingerprint density at radius 2 is 2.00 bits per heavy atom. The van der Waals surface area contributed by atoms with Gasteiger partial charge in [-0.3, -0.25) is 4.99 Å². The van der Waals surface area contributed by atoms with E-state index in [1.165, 1.54) is 11.1 Å². The molecule has 154 valence electrons. The number of carbonyl (C=O) groups excluding carboxylic acids is 1. The number of pyridine rings is 1. The summed E-state index contributed by atoms with van der Waals surface area (Å²) in [6.07, 6.45) is 2.80. The number of urea groups is 1. The van der Waals surface area contributed by atoms with Gasteiger partial charge in [-0.15, -0.1) is 0 Å². The third kappa shape index (κ3) is 3.26. The maximum atomic E-state index is 13.1. The van der Waals surface area contributed by atoms with Crippen LogP contribution in [-0.4, -0.2) is 46.4 Å². The molecule has 2 aromatic rings. The molecule has 6 nitrogen and oxygen atoms in total. The maximum absolute atomic E-state index is 13.1. The Morgan fingerprint density at radius 3 is 2.77 bits per heavy atom. The van der Waals surface area contributed by atoms with E-state index >= 15 is 0 Å². The number of amidine groups is 1. The second-order valence-electron chi connectivity index (χ2n) is 8.92. The lowest BCUT2D eigenvalue weighted by Gasteiger charge is -2.34. The van der Waals surface area contributed by atoms with Crippen molar-refractivity contribution >= 4 is 17.7 Å². The van der Waals surface area contributed by atoms with Crippen molar-refractivity contribution in [3.63, 3.8) is 0 Å². The Kier molecular flexibility index (Phi) is 4.38. The average molecular weight is 402 g/mol. The topological polar surface area (TPSA) is 69.6 Å². The molecule has 1 aromatic carbocycles. The minimum atomic E-state index is -0.358. The molecule has 0 bridgehead atoms. The molecule has 0 saturated heterocycles. The van der Waals surface area contributed by atoms with Gasteiger partial charge in [-0.2, -0.15) is 0 Å². The SMILES string of the molecule is Cc1ccnc(NC2=NCC3=C2CN(C(=O)NC2C[C@@H]2c2ccccc2)C3(C)C)c1. The monoisotopic (exact) mass is 401 g/mol. The van der Waals surface area contributed by atoms with Gasteiger partial charge in [-0.25, -0.2) is 9.78 Å². The fourth-order valence-corrected chi connectivity index (χ4v) is 4.57. The molecule has 3 heterocycles. The summed E-state index contributed by atoms with van der Waals surface area (Å²) in [4.78, 5) is 24.2. The van der Waals surface area contributed by atoms with Crippen molar-refractivity contribution < 1.29 is 4.79 Å². The van der Waals surface area contributed by atoms with Gasteiger partial charge in [0.15, 0.2) is 0 Å². The molecule has 1 saturated carbocycles. The summed E-state index contributed by atoms with van der Waals surface area (Å²) in [5.74, 6) is 2.04. The van der Waals surface area contributed by atoms with Crippen LogP contribution in [-0.2, 0) is 0 Å². The van der Waals surface area contributed by atoms with Crippen LogP contribution in [0.4, 0.5) is 10.6 Å². The van der Waals surface area contributed by atoms with Gasteiger partial charge in [-0.1, -0.05) is 30.3 Å². The number of hydrogen-bond donors (Lipinski definition) is 2. The number of nitrogens with one attached hydrogen (secondary N) is 2. The van der Waals surface area contributed by atoms with Crippen molar-refractivity contribution in [3.05, 3.63) is 70.9 Å². The van der Waals surface area contributed by atoms with Crippen molar-refractivity contribution in [1.82, 2.24) is 15.2 Å². The largest absolute Gasteiger partial charge is 0.335 e. The molecule has 0 radical (unpaired) electrons. The number of amides is 2. The zero-order valence-corrected chi connectivity index (χ0v) is 17.6. The van der Waals surface area contributed by atoms with Crippen molar-refractivity contribution in [2.75, 3.05) is 18.4 Å². The molecule has 0 spiro atoms. The quantitative estimate of drug-likeness (QED) is 0.820. The molecule has 1 fully saturated rings. The highest BCUT2D eigenvalue weighted by molar-refractivity contribution is 6.11. The first-order chi connectivity index (χ1) is 14.4. The van der Waals surface area contributed by atoms with E-state index in [4.69, 9.17) is 4.99 Å². The van der Waals surface area contributed by atoms with E-state index in [1.807, 2.05) is 30.0 Å². The Balaban J connectivity index is 1.26. The Hall–Kier alpha value is -3.15. The third-order valence-electron chi connectivity index (χ3n) is 6.51. The van der Waals surface area contributed by atoms with Crippen molar-refractivity contribution in [3.8, 4) is 0 Å². The fourth-order valence-electron chi connectivity index (χ4n) is 4.57. The van der Waals surface area contributed by atoms with Crippen LogP contribution in [0, 0.1) is 6.92 Å². The number of nitrogens with zero attached hydrogens (tertiary/aromatic N) is 3. The van der Waals surface area contributed by atoms with Crippen molar-refractivity contribution in [2.24, 2.45) is 4.99 Å². The van der Waals surface area contributed by atoms with Crippen LogP contribution in [0.2, 0.25) is 0 Å². The highest BCUT2D eigenvalue weighted by Gasteiger charge is 2.47. The highest BCUT2D eigenvalue weighted by Crippen LogP contribution is 2.42. The summed E-state index contributed by atoms with van der Waals surface area (Å²) in [5.41, 5.74) is 4.42. The van der Waals surface area contributed by atoms with E-state index in [2.05, 4.69) is 53.7 Å². The summed E-state index contributed by atoms with van der Waals surface area (Å²) in [6.45, 7) is 7.45. The minimum absolute atomic E-state index is 0.00543. The molecular formula is C24H27N5O. The van der Waals surface area contributed by atoms with Crippen LogP contribution in [0.15, 0.2) is 64.8 Å². The zero-order chi connectivity index (χ0) is 20.9.